The van der Waals surface area contributed by atoms with E-state index in [1.165, 1.54) is 90.4 Å². The highest BCUT2D eigenvalue weighted by atomic mass is 16.8. The van der Waals surface area contributed by atoms with Gasteiger partial charge in [-0.1, -0.05) is 130 Å². The molecule has 0 aromatic carbocycles. The Hall–Kier alpha value is -2.45. The molecule has 0 heterocycles. The van der Waals surface area contributed by atoms with Gasteiger partial charge < -0.3 is 24.4 Å². The number of esters is 3. The third-order valence-corrected chi connectivity index (χ3v) is 7.11. The standard InChI is InChI=1S/C34H58O8/c1-6-9-11-12-13-14-15-16-17-18-19-20-21-22-23-24-26-40-32(36)28(4)27-29(5)33(37)42-34(38,39)30(25-10-7-2)41-31(35)8-3/h8,27,30,38-39H,3,5-7,9-26H2,1-2,4H3/b28-27+. The van der Waals surface area contributed by atoms with Crippen LogP contribution < -0.4 is 0 Å². The molecule has 0 amide bonds. The van der Waals surface area contributed by atoms with Gasteiger partial charge >= 0.3 is 23.9 Å². The number of rotatable bonds is 27. The lowest BCUT2D eigenvalue weighted by Crippen LogP contribution is -2.48. The lowest BCUT2D eigenvalue weighted by atomic mass is 10.0. The van der Waals surface area contributed by atoms with E-state index in [1.54, 1.807) is 0 Å². The number of ether oxygens (including phenoxy) is 3. The van der Waals surface area contributed by atoms with Crippen LogP contribution >= 0.6 is 0 Å². The molecule has 0 spiro atoms. The van der Waals surface area contributed by atoms with Crippen LogP contribution in [0.2, 0.25) is 0 Å². The summed E-state index contributed by atoms with van der Waals surface area (Å²) in [6.07, 6.45) is 21.9. The molecule has 0 fully saturated rings. The highest BCUT2D eigenvalue weighted by molar-refractivity contribution is 5.95. The summed E-state index contributed by atoms with van der Waals surface area (Å²) >= 11 is 0. The minimum absolute atomic E-state index is 0.0450. The van der Waals surface area contributed by atoms with Gasteiger partial charge in [0.25, 0.3) is 0 Å². The smallest absolute Gasteiger partial charge is 0.363 e. The predicted octanol–water partition coefficient (Wildman–Crippen LogP) is 7.76. The van der Waals surface area contributed by atoms with Crippen LogP contribution in [0.1, 0.15) is 143 Å². The molecule has 8 heteroatoms. The Morgan fingerprint density at radius 3 is 1.64 bits per heavy atom. The number of carbonyl (C=O) groups excluding carboxylic acids is 3. The Kier molecular flexibility index (Phi) is 23.6. The largest absolute Gasteiger partial charge is 0.462 e. The fourth-order valence-corrected chi connectivity index (χ4v) is 4.48. The molecule has 0 bridgehead atoms. The fraction of sp³-hybridized carbons (Fsp3) is 0.735. The molecule has 8 nitrogen and oxygen atoms in total. The minimum Gasteiger partial charge on any atom is -0.462 e. The molecule has 0 saturated carbocycles. The predicted molar refractivity (Wildman–Crippen MR) is 166 cm³/mol. The van der Waals surface area contributed by atoms with Crippen molar-refractivity contribution in [2.75, 3.05) is 6.61 Å². The second-order valence-corrected chi connectivity index (χ2v) is 11.1. The summed E-state index contributed by atoms with van der Waals surface area (Å²) in [4.78, 5) is 36.2. The summed E-state index contributed by atoms with van der Waals surface area (Å²) in [5, 5.41) is 20.5. The van der Waals surface area contributed by atoms with Crippen LogP contribution in [-0.2, 0) is 28.6 Å². The molecule has 0 aliphatic heterocycles. The highest BCUT2D eigenvalue weighted by Crippen LogP contribution is 2.21. The van der Waals surface area contributed by atoms with Gasteiger partial charge in [-0.2, -0.15) is 0 Å². The SMILES string of the molecule is C=CC(=O)OC(CCCC)C(O)(O)OC(=O)C(=C)/C=C(\C)C(=O)OCCCCCCCCCCCCCCCCCC. The van der Waals surface area contributed by atoms with Crippen molar-refractivity contribution in [3.63, 3.8) is 0 Å². The molecule has 0 saturated heterocycles. The number of unbranched alkanes of at least 4 members (excludes halogenated alkanes) is 16. The maximum Gasteiger partial charge on any atom is 0.363 e. The van der Waals surface area contributed by atoms with Gasteiger partial charge in [0, 0.05) is 11.6 Å². The minimum atomic E-state index is -3.08. The maximum atomic E-state index is 12.4. The Bertz CT molecular complexity index is 814. The summed E-state index contributed by atoms with van der Waals surface area (Å²) in [6.45, 7) is 12.7. The van der Waals surface area contributed by atoms with Crippen molar-refractivity contribution in [3.8, 4) is 0 Å². The molecule has 0 aliphatic rings. The van der Waals surface area contributed by atoms with Crippen molar-refractivity contribution in [1.29, 1.82) is 0 Å². The zero-order chi connectivity index (χ0) is 31.6. The lowest BCUT2D eigenvalue weighted by molar-refractivity contribution is -0.357. The van der Waals surface area contributed by atoms with Crippen LogP contribution in [0.4, 0.5) is 0 Å². The van der Waals surface area contributed by atoms with E-state index < -0.39 is 30.0 Å². The second-order valence-electron chi connectivity index (χ2n) is 11.1. The lowest BCUT2D eigenvalue weighted by Gasteiger charge is -2.29. The van der Waals surface area contributed by atoms with Gasteiger partial charge in [-0.15, -0.1) is 0 Å². The van der Waals surface area contributed by atoms with E-state index in [1.807, 2.05) is 6.92 Å². The van der Waals surface area contributed by atoms with E-state index in [9.17, 15) is 24.6 Å². The maximum absolute atomic E-state index is 12.4. The van der Waals surface area contributed by atoms with Gasteiger partial charge in [-0.3, -0.25) is 0 Å². The van der Waals surface area contributed by atoms with E-state index in [2.05, 4.69) is 20.1 Å². The Morgan fingerprint density at radius 1 is 0.738 bits per heavy atom. The first-order chi connectivity index (χ1) is 20.1. The third-order valence-electron chi connectivity index (χ3n) is 7.11. The van der Waals surface area contributed by atoms with Gasteiger partial charge in [-0.05, 0) is 32.3 Å². The van der Waals surface area contributed by atoms with E-state index in [0.29, 0.717) is 12.8 Å². The number of hydrogen-bond donors (Lipinski definition) is 2. The van der Waals surface area contributed by atoms with Crippen LogP contribution in [0.5, 0.6) is 0 Å². The first-order valence-corrected chi connectivity index (χ1v) is 16.1. The number of hydrogen-bond acceptors (Lipinski definition) is 8. The van der Waals surface area contributed by atoms with Crippen molar-refractivity contribution in [1.82, 2.24) is 0 Å². The molecular weight excluding hydrogens is 536 g/mol. The third kappa shape index (κ3) is 20.4. The quantitative estimate of drug-likeness (QED) is 0.0247. The molecule has 2 N–H and O–H groups in total. The first kappa shape index (κ1) is 39.5. The fourth-order valence-electron chi connectivity index (χ4n) is 4.48. The van der Waals surface area contributed by atoms with Crippen molar-refractivity contribution in [2.24, 2.45) is 0 Å². The molecular formula is C34H58O8. The van der Waals surface area contributed by atoms with E-state index in [-0.39, 0.29) is 24.2 Å². The normalized spacial score (nSPS) is 12.5. The van der Waals surface area contributed by atoms with Gasteiger partial charge in [0.05, 0.1) is 12.2 Å². The molecule has 1 atom stereocenters. The zero-order valence-electron chi connectivity index (χ0n) is 26.6. The molecule has 0 rings (SSSR count). The zero-order valence-corrected chi connectivity index (χ0v) is 26.6. The summed E-state index contributed by atoms with van der Waals surface area (Å²) in [5.74, 6) is -5.74. The van der Waals surface area contributed by atoms with Crippen molar-refractivity contribution in [3.05, 3.63) is 36.5 Å². The van der Waals surface area contributed by atoms with Crippen molar-refractivity contribution < 1.29 is 38.8 Å². The molecule has 0 aromatic heterocycles. The van der Waals surface area contributed by atoms with Crippen LogP contribution in [0.15, 0.2) is 36.5 Å². The van der Waals surface area contributed by atoms with Gasteiger partial charge in [-0.25, -0.2) is 14.4 Å². The number of aliphatic hydroxyl groups is 2. The monoisotopic (exact) mass is 594 g/mol. The Morgan fingerprint density at radius 2 is 1.19 bits per heavy atom. The first-order valence-electron chi connectivity index (χ1n) is 16.1. The Balaban J connectivity index is 4.15. The van der Waals surface area contributed by atoms with Gasteiger partial charge in [0.1, 0.15) is 0 Å². The van der Waals surface area contributed by atoms with Crippen LogP contribution in [0, 0.1) is 0 Å². The van der Waals surface area contributed by atoms with Crippen LogP contribution in [0.3, 0.4) is 0 Å². The Labute approximate surface area is 254 Å². The average Bonchev–Trinajstić information content (AvgIpc) is 2.96. The molecule has 242 valence electrons. The van der Waals surface area contributed by atoms with Crippen molar-refractivity contribution in [2.45, 2.75) is 155 Å². The highest BCUT2D eigenvalue weighted by Gasteiger charge is 2.42. The van der Waals surface area contributed by atoms with E-state index >= 15 is 0 Å². The molecule has 0 radical (unpaired) electrons. The topological polar surface area (TPSA) is 119 Å². The van der Waals surface area contributed by atoms with Crippen molar-refractivity contribution >= 4 is 17.9 Å². The van der Waals surface area contributed by atoms with Crippen LogP contribution in [-0.4, -0.2) is 46.8 Å². The number of carbonyl (C=O) groups is 3. The van der Waals surface area contributed by atoms with E-state index in [4.69, 9.17) is 14.2 Å². The summed E-state index contributed by atoms with van der Waals surface area (Å²) in [5.41, 5.74) is -0.167. The summed E-state index contributed by atoms with van der Waals surface area (Å²) in [7, 11) is 0. The summed E-state index contributed by atoms with van der Waals surface area (Å²) in [6, 6.07) is 0. The molecule has 0 aromatic rings. The van der Waals surface area contributed by atoms with Gasteiger partial charge in [0.2, 0.25) is 0 Å². The van der Waals surface area contributed by atoms with Gasteiger partial charge in [0.15, 0.2) is 6.10 Å². The average molecular weight is 595 g/mol. The van der Waals surface area contributed by atoms with E-state index in [0.717, 1.165) is 31.4 Å². The van der Waals surface area contributed by atoms with Crippen LogP contribution in [0.25, 0.3) is 0 Å². The summed E-state index contributed by atoms with van der Waals surface area (Å²) < 4.78 is 15.0. The molecule has 42 heavy (non-hydrogen) atoms. The second kappa shape index (κ2) is 25.1. The molecule has 1 unspecified atom stereocenters. The molecule has 0 aliphatic carbocycles.